The summed E-state index contributed by atoms with van der Waals surface area (Å²) in [6.45, 7) is 8.81. The van der Waals surface area contributed by atoms with Crippen LogP contribution in [-0.2, 0) is 26.8 Å². The van der Waals surface area contributed by atoms with Gasteiger partial charge in [-0.05, 0) is 57.2 Å². The van der Waals surface area contributed by atoms with Gasteiger partial charge in [-0.1, -0.05) is 82.9 Å². The highest BCUT2D eigenvalue weighted by atomic mass is 16.4. The minimum Gasteiger partial charge on any atom is -0.481 e. The van der Waals surface area contributed by atoms with Crippen LogP contribution in [0.4, 0.5) is 0 Å². The van der Waals surface area contributed by atoms with E-state index in [9.17, 15) is 19.8 Å². The maximum atomic E-state index is 11.9. The van der Waals surface area contributed by atoms with E-state index in [1.807, 2.05) is 18.2 Å². The van der Waals surface area contributed by atoms with Gasteiger partial charge in [0, 0.05) is 0 Å². The molecule has 1 rings (SSSR count). The second kappa shape index (κ2) is 12.1. The van der Waals surface area contributed by atoms with Crippen molar-refractivity contribution in [3.63, 3.8) is 0 Å². The van der Waals surface area contributed by atoms with Gasteiger partial charge in [-0.15, -0.1) is 0 Å². The number of unbranched alkanes of at least 4 members (excludes halogenated alkanes) is 9. The lowest BCUT2D eigenvalue weighted by atomic mass is 9.72. The van der Waals surface area contributed by atoms with Crippen LogP contribution in [0.3, 0.4) is 0 Å². The normalized spacial score (nSPS) is 12.2. The van der Waals surface area contributed by atoms with Crippen molar-refractivity contribution in [1.29, 1.82) is 0 Å². The molecule has 0 aliphatic carbocycles. The molecule has 2 N–H and O–H groups in total. The zero-order chi connectivity index (χ0) is 22.8. The molecular weight excluding hydrogens is 376 g/mol. The third-order valence-electron chi connectivity index (χ3n) is 6.32. The zero-order valence-corrected chi connectivity index (χ0v) is 19.7. The van der Waals surface area contributed by atoms with Gasteiger partial charge >= 0.3 is 11.9 Å². The molecule has 0 heterocycles. The van der Waals surface area contributed by atoms with Gasteiger partial charge in [0.2, 0.25) is 0 Å². The summed E-state index contributed by atoms with van der Waals surface area (Å²) in [5, 5.41) is 19.4. The highest BCUT2D eigenvalue weighted by molar-refractivity contribution is 5.85. The molecule has 0 aliphatic rings. The van der Waals surface area contributed by atoms with Crippen LogP contribution in [-0.4, -0.2) is 22.2 Å². The fourth-order valence-electron chi connectivity index (χ4n) is 3.86. The smallest absolute Gasteiger partial charge is 0.313 e. The van der Waals surface area contributed by atoms with E-state index in [1.54, 1.807) is 27.7 Å². The molecule has 0 amide bonds. The van der Waals surface area contributed by atoms with Crippen molar-refractivity contribution in [3.8, 4) is 0 Å². The van der Waals surface area contributed by atoms with Crippen LogP contribution in [0.2, 0.25) is 0 Å². The highest BCUT2D eigenvalue weighted by Gasteiger charge is 2.39. The fraction of sp³-hybridized carbons (Fsp3) is 0.692. The molecule has 1 aromatic carbocycles. The molecule has 0 fully saturated rings. The van der Waals surface area contributed by atoms with E-state index in [2.05, 4.69) is 6.92 Å². The summed E-state index contributed by atoms with van der Waals surface area (Å²) >= 11 is 0. The Bertz CT molecular complexity index is 688. The molecule has 0 spiro atoms. The topological polar surface area (TPSA) is 74.6 Å². The SMILES string of the molecule is CCCCCCCCCCCCc1ccc(C(C)(C)C(=O)O)c(C(C)(C)C(=O)O)c1. The van der Waals surface area contributed by atoms with Gasteiger partial charge in [0.25, 0.3) is 0 Å². The zero-order valence-electron chi connectivity index (χ0n) is 19.7. The third-order valence-corrected chi connectivity index (χ3v) is 6.32. The Labute approximate surface area is 183 Å². The maximum Gasteiger partial charge on any atom is 0.313 e. The average molecular weight is 419 g/mol. The summed E-state index contributed by atoms with van der Waals surface area (Å²) in [6, 6.07) is 5.71. The van der Waals surface area contributed by atoms with Crippen LogP contribution in [0.15, 0.2) is 18.2 Å². The van der Waals surface area contributed by atoms with Crippen molar-refractivity contribution in [2.45, 2.75) is 116 Å². The van der Waals surface area contributed by atoms with Crippen LogP contribution in [0.1, 0.15) is 116 Å². The lowest BCUT2D eigenvalue weighted by Gasteiger charge is -2.30. The number of aliphatic carboxylic acids is 2. The molecule has 0 radical (unpaired) electrons. The van der Waals surface area contributed by atoms with Gasteiger partial charge in [-0.25, -0.2) is 0 Å². The number of hydrogen-bond donors (Lipinski definition) is 2. The van der Waals surface area contributed by atoms with Gasteiger partial charge in [0.1, 0.15) is 0 Å². The van der Waals surface area contributed by atoms with E-state index in [1.165, 1.54) is 57.8 Å². The van der Waals surface area contributed by atoms with Crippen molar-refractivity contribution in [3.05, 3.63) is 34.9 Å². The van der Waals surface area contributed by atoms with Gasteiger partial charge in [0.05, 0.1) is 10.8 Å². The second-order valence-electron chi connectivity index (χ2n) is 9.67. The molecule has 170 valence electrons. The Hall–Kier alpha value is -1.84. The summed E-state index contributed by atoms with van der Waals surface area (Å²) in [5.41, 5.74) is -0.0156. The first-order chi connectivity index (χ1) is 14.0. The molecule has 4 nitrogen and oxygen atoms in total. The lowest BCUT2D eigenvalue weighted by Crippen LogP contribution is -2.36. The van der Waals surface area contributed by atoms with Crippen molar-refractivity contribution < 1.29 is 19.8 Å². The number of aryl methyl sites for hydroxylation is 1. The first kappa shape index (κ1) is 26.2. The Morgan fingerprint density at radius 3 is 1.60 bits per heavy atom. The summed E-state index contributed by atoms with van der Waals surface area (Å²) in [5.74, 6) is -1.89. The maximum absolute atomic E-state index is 11.9. The predicted octanol–water partition coefficient (Wildman–Crippen LogP) is 6.87. The molecule has 0 unspecified atom stereocenters. The number of benzene rings is 1. The Morgan fingerprint density at radius 1 is 0.700 bits per heavy atom. The molecule has 0 bridgehead atoms. The van der Waals surface area contributed by atoms with Gasteiger partial charge in [-0.2, -0.15) is 0 Å². The van der Waals surface area contributed by atoms with Crippen LogP contribution in [0, 0.1) is 0 Å². The summed E-state index contributed by atoms with van der Waals surface area (Å²) in [4.78, 5) is 23.7. The Morgan fingerprint density at radius 2 is 1.13 bits per heavy atom. The quantitative estimate of drug-likeness (QED) is 0.305. The Balaban J connectivity index is 2.71. The van der Waals surface area contributed by atoms with E-state index in [0.717, 1.165) is 18.4 Å². The first-order valence-corrected chi connectivity index (χ1v) is 11.7. The molecule has 0 saturated heterocycles. The van der Waals surface area contributed by atoms with Crippen molar-refractivity contribution in [2.75, 3.05) is 0 Å². The number of carbonyl (C=O) groups is 2. The van der Waals surface area contributed by atoms with Gasteiger partial charge < -0.3 is 10.2 Å². The number of rotatable bonds is 15. The predicted molar refractivity (Wildman–Crippen MR) is 123 cm³/mol. The van der Waals surface area contributed by atoms with E-state index >= 15 is 0 Å². The van der Waals surface area contributed by atoms with Gasteiger partial charge in [0.15, 0.2) is 0 Å². The highest BCUT2D eigenvalue weighted by Crippen LogP contribution is 2.36. The van der Waals surface area contributed by atoms with Crippen LogP contribution in [0.5, 0.6) is 0 Å². The molecule has 0 aromatic heterocycles. The first-order valence-electron chi connectivity index (χ1n) is 11.7. The average Bonchev–Trinajstić information content (AvgIpc) is 2.68. The van der Waals surface area contributed by atoms with Crippen molar-refractivity contribution in [2.24, 2.45) is 0 Å². The van der Waals surface area contributed by atoms with Crippen LogP contribution >= 0.6 is 0 Å². The monoisotopic (exact) mass is 418 g/mol. The molecule has 1 aromatic rings. The van der Waals surface area contributed by atoms with E-state index in [4.69, 9.17) is 0 Å². The van der Waals surface area contributed by atoms with Crippen molar-refractivity contribution >= 4 is 11.9 Å². The standard InChI is InChI=1S/C26H42O4/c1-6-7-8-9-10-11-12-13-14-15-16-20-17-18-21(25(2,3)23(27)28)22(19-20)26(4,5)24(29)30/h17-19H,6-16H2,1-5H3,(H,27,28)(H,29,30). The minimum atomic E-state index is -1.14. The molecule has 0 atom stereocenters. The summed E-state index contributed by atoms with van der Waals surface area (Å²) < 4.78 is 0. The molecule has 30 heavy (non-hydrogen) atoms. The Kier molecular flexibility index (Phi) is 10.6. The molecule has 0 saturated carbocycles. The third kappa shape index (κ3) is 7.45. The van der Waals surface area contributed by atoms with E-state index < -0.39 is 22.8 Å². The fourth-order valence-corrected chi connectivity index (χ4v) is 3.86. The van der Waals surface area contributed by atoms with Crippen LogP contribution < -0.4 is 0 Å². The minimum absolute atomic E-state index is 0.578. The van der Waals surface area contributed by atoms with E-state index in [0.29, 0.717) is 11.1 Å². The number of carboxylic acid groups (broad SMARTS) is 2. The molecule has 0 aliphatic heterocycles. The second-order valence-corrected chi connectivity index (χ2v) is 9.67. The largest absolute Gasteiger partial charge is 0.481 e. The summed E-state index contributed by atoms with van der Waals surface area (Å²) in [7, 11) is 0. The number of carboxylic acids is 2. The molecule has 4 heteroatoms. The summed E-state index contributed by atoms with van der Waals surface area (Å²) in [6.07, 6.45) is 13.7. The van der Waals surface area contributed by atoms with Crippen LogP contribution in [0.25, 0.3) is 0 Å². The van der Waals surface area contributed by atoms with E-state index in [-0.39, 0.29) is 0 Å². The van der Waals surface area contributed by atoms with Gasteiger partial charge in [-0.3, -0.25) is 9.59 Å². The van der Waals surface area contributed by atoms with Crippen molar-refractivity contribution in [1.82, 2.24) is 0 Å². The molecular formula is C26H42O4. The number of hydrogen-bond acceptors (Lipinski definition) is 2. The lowest BCUT2D eigenvalue weighted by molar-refractivity contribution is -0.144.